The van der Waals surface area contributed by atoms with Crippen LogP contribution in [-0.4, -0.2) is 61.4 Å². The Bertz CT molecular complexity index is 1590. The molecule has 44 heavy (non-hydrogen) atoms. The molecule has 2 heterocycles. The van der Waals surface area contributed by atoms with Crippen LogP contribution in [0.3, 0.4) is 0 Å². The molecule has 0 radical (unpaired) electrons. The summed E-state index contributed by atoms with van der Waals surface area (Å²) in [4.78, 5) is 42.2. The molecule has 1 aliphatic rings. The summed E-state index contributed by atoms with van der Waals surface area (Å²) in [6, 6.07) is 16.0. The smallest absolute Gasteiger partial charge is 0.407 e. The number of carbonyl (C=O) groups is 3. The molecule has 12 heteroatoms. The van der Waals surface area contributed by atoms with E-state index in [1.54, 1.807) is 37.4 Å². The van der Waals surface area contributed by atoms with Crippen molar-refractivity contribution in [2.45, 2.75) is 51.8 Å². The number of aromatic nitrogens is 1. The first kappa shape index (κ1) is 33.1. The molecule has 1 N–H and O–H groups in total. The summed E-state index contributed by atoms with van der Waals surface area (Å²) in [6.45, 7) is 6.73. The van der Waals surface area contributed by atoms with E-state index in [9.17, 15) is 19.6 Å². The molecule has 0 spiro atoms. The lowest BCUT2D eigenvalue weighted by molar-refractivity contribution is 0.0498. The molecule has 1 aliphatic heterocycles. The third kappa shape index (κ3) is 7.47. The van der Waals surface area contributed by atoms with E-state index in [1.807, 2.05) is 48.4 Å². The first-order valence-corrected chi connectivity index (χ1v) is 15.6. The lowest BCUT2D eigenvalue weighted by Gasteiger charge is -2.36. The molecule has 232 valence electrons. The fourth-order valence-electron chi connectivity index (χ4n) is 5.14. The van der Waals surface area contributed by atoms with E-state index in [0.29, 0.717) is 50.0 Å². The normalized spacial score (nSPS) is 14.9. The summed E-state index contributed by atoms with van der Waals surface area (Å²) in [5.41, 5.74) is 1.77. The zero-order valence-electron chi connectivity index (χ0n) is 25.3. The average Bonchev–Trinajstić information content (AvgIpc) is 3.26. The highest BCUT2D eigenvalue weighted by Gasteiger charge is 2.34. The highest BCUT2D eigenvalue weighted by Crippen LogP contribution is 2.36. The number of amides is 2. The van der Waals surface area contributed by atoms with Crippen molar-refractivity contribution in [2.75, 3.05) is 37.0 Å². The standard InChI is InChI=1S/C32H35ClIN5O5/c1-32(2,3)44-31(42)36-22-10-8-16-38(19-22)28-24(17-35)26(34)27(39(28)18-21-9-6-7-11-25(21)33)29(40)37(4)23-14-12-20(13-15-23)30(41)43-5/h6-7,9,11-15,22H,8,10,16,18-19H2,1-5H3,(H,36,42)/t22-/m1/s1. The first-order valence-electron chi connectivity index (χ1n) is 14.1. The topological polar surface area (TPSA) is 117 Å². The molecule has 1 saturated heterocycles. The van der Waals surface area contributed by atoms with Gasteiger partial charge in [0.25, 0.3) is 5.91 Å². The van der Waals surface area contributed by atoms with Gasteiger partial charge >= 0.3 is 12.1 Å². The molecular formula is C32H35ClIN5O5. The number of hydrogen-bond donors (Lipinski definition) is 1. The van der Waals surface area contributed by atoms with Crippen molar-refractivity contribution < 1.29 is 23.9 Å². The number of carbonyl (C=O) groups excluding carboxylic acids is 3. The van der Waals surface area contributed by atoms with Crippen LogP contribution in [0.5, 0.6) is 0 Å². The number of benzene rings is 2. The van der Waals surface area contributed by atoms with Crippen LogP contribution in [0.2, 0.25) is 5.02 Å². The van der Waals surface area contributed by atoms with Gasteiger partial charge in [0.05, 0.1) is 22.8 Å². The minimum Gasteiger partial charge on any atom is -0.465 e. The fourth-order valence-corrected chi connectivity index (χ4v) is 6.22. The third-order valence-corrected chi connectivity index (χ3v) is 8.62. The predicted molar refractivity (Wildman–Crippen MR) is 178 cm³/mol. The van der Waals surface area contributed by atoms with Crippen molar-refractivity contribution in [1.82, 2.24) is 9.88 Å². The number of rotatable bonds is 7. The van der Waals surface area contributed by atoms with Crippen molar-refractivity contribution in [3.63, 3.8) is 0 Å². The van der Waals surface area contributed by atoms with Gasteiger partial charge in [-0.15, -0.1) is 0 Å². The SMILES string of the molecule is COC(=O)c1ccc(N(C)C(=O)c2c(I)c(C#N)c(N3CCC[C@@H](NC(=O)OC(C)(C)C)C3)n2Cc2ccccc2Cl)cc1. The Morgan fingerprint density at radius 3 is 2.45 bits per heavy atom. The van der Waals surface area contributed by atoms with Gasteiger partial charge in [0.15, 0.2) is 0 Å². The van der Waals surface area contributed by atoms with Crippen LogP contribution >= 0.6 is 34.2 Å². The summed E-state index contributed by atoms with van der Waals surface area (Å²) < 4.78 is 12.6. The summed E-state index contributed by atoms with van der Waals surface area (Å²) in [7, 11) is 2.95. The summed E-state index contributed by atoms with van der Waals surface area (Å²) in [5, 5.41) is 13.9. The van der Waals surface area contributed by atoms with E-state index < -0.39 is 17.7 Å². The minimum atomic E-state index is -0.632. The van der Waals surface area contributed by atoms with Crippen LogP contribution in [0, 0.1) is 14.9 Å². The van der Waals surface area contributed by atoms with E-state index in [-0.39, 0.29) is 18.5 Å². The van der Waals surface area contributed by atoms with Crippen molar-refractivity contribution >= 4 is 63.7 Å². The molecule has 10 nitrogen and oxygen atoms in total. The Labute approximate surface area is 276 Å². The summed E-state index contributed by atoms with van der Waals surface area (Å²) >= 11 is 8.64. The number of esters is 1. The largest absolute Gasteiger partial charge is 0.465 e. The van der Waals surface area contributed by atoms with Gasteiger partial charge in [0.1, 0.15) is 28.7 Å². The lowest BCUT2D eigenvalue weighted by atomic mass is 10.1. The van der Waals surface area contributed by atoms with Crippen molar-refractivity contribution in [3.8, 4) is 6.07 Å². The Kier molecular flexibility index (Phi) is 10.5. The van der Waals surface area contributed by atoms with Crippen LogP contribution in [-0.2, 0) is 16.0 Å². The maximum atomic E-state index is 14.2. The number of methoxy groups -OCH3 is 1. The zero-order chi connectivity index (χ0) is 32.2. The van der Waals surface area contributed by atoms with Gasteiger partial charge in [-0.05, 0) is 92.1 Å². The van der Waals surface area contributed by atoms with Crippen LogP contribution in [0.4, 0.5) is 16.3 Å². The number of nitriles is 1. The van der Waals surface area contributed by atoms with E-state index >= 15 is 0 Å². The molecule has 1 fully saturated rings. The number of anilines is 2. The van der Waals surface area contributed by atoms with Crippen molar-refractivity contribution in [1.29, 1.82) is 5.26 Å². The summed E-state index contributed by atoms with van der Waals surface area (Å²) in [5.74, 6) is -0.223. The molecule has 1 atom stereocenters. The number of ether oxygens (including phenoxy) is 2. The number of piperidine rings is 1. The van der Waals surface area contributed by atoms with Gasteiger partial charge in [-0.1, -0.05) is 29.8 Å². The molecule has 3 aromatic rings. The zero-order valence-corrected chi connectivity index (χ0v) is 28.2. The molecule has 4 rings (SSSR count). The Balaban J connectivity index is 1.76. The van der Waals surface area contributed by atoms with Crippen molar-refractivity contribution in [2.24, 2.45) is 0 Å². The van der Waals surface area contributed by atoms with E-state index in [2.05, 4.69) is 34.0 Å². The quantitative estimate of drug-likeness (QED) is 0.227. The first-order chi connectivity index (χ1) is 20.8. The van der Waals surface area contributed by atoms with E-state index in [0.717, 1.165) is 18.4 Å². The predicted octanol–water partition coefficient (Wildman–Crippen LogP) is 6.22. The van der Waals surface area contributed by atoms with Crippen LogP contribution in [0.15, 0.2) is 48.5 Å². The van der Waals surface area contributed by atoms with Crippen LogP contribution < -0.4 is 15.1 Å². The van der Waals surface area contributed by atoms with Crippen LogP contribution in [0.1, 0.15) is 65.6 Å². The minimum absolute atomic E-state index is 0.221. The van der Waals surface area contributed by atoms with E-state index in [4.69, 9.17) is 21.1 Å². The van der Waals surface area contributed by atoms with Gasteiger partial charge in [0, 0.05) is 36.9 Å². The lowest BCUT2D eigenvalue weighted by Crippen LogP contribution is -2.49. The number of nitrogens with zero attached hydrogens (tertiary/aromatic N) is 4. The molecular weight excluding hydrogens is 697 g/mol. The molecule has 0 unspecified atom stereocenters. The molecule has 2 amide bonds. The second-order valence-corrected chi connectivity index (χ2v) is 13.0. The number of halogens is 2. The second-order valence-electron chi connectivity index (χ2n) is 11.5. The highest BCUT2D eigenvalue weighted by atomic mass is 127. The van der Waals surface area contributed by atoms with E-state index in [1.165, 1.54) is 12.0 Å². The fraction of sp³-hybridized carbons (Fsp3) is 0.375. The number of alkyl carbamates (subject to hydrolysis) is 1. The Hall–Kier alpha value is -3.76. The number of hydrogen-bond acceptors (Lipinski definition) is 7. The average molecular weight is 732 g/mol. The maximum absolute atomic E-state index is 14.2. The molecule has 1 aromatic heterocycles. The van der Waals surface area contributed by atoms with Crippen LogP contribution in [0.25, 0.3) is 0 Å². The monoisotopic (exact) mass is 731 g/mol. The molecule has 0 aliphatic carbocycles. The van der Waals surface area contributed by atoms with Gasteiger partial charge in [-0.25, -0.2) is 9.59 Å². The van der Waals surface area contributed by atoms with Gasteiger partial charge in [-0.3, -0.25) is 4.79 Å². The van der Waals surface area contributed by atoms with Gasteiger partial charge in [-0.2, -0.15) is 5.26 Å². The highest BCUT2D eigenvalue weighted by molar-refractivity contribution is 14.1. The third-order valence-electron chi connectivity index (χ3n) is 7.20. The van der Waals surface area contributed by atoms with Gasteiger partial charge in [0.2, 0.25) is 0 Å². The van der Waals surface area contributed by atoms with Crippen molar-refractivity contribution in [3.05, 3.63) is 79.5 Å². The summed E-state index contributed by atoms with van der Waals surface area (Å²) in [6.07, 6.45) is 1.01. The number of nitrogens with one attached hydrogen (secondary N) is 1. The van der Waals surface area contributed by atoms with Gasteiger partial charge < -0.3 is 29.2 Å². The Morgan fingerprint density at radius 2 is 1.84 bits per heavy atom. The Morgan fingerprint density at radius 1 is 1.16 bits per heavy atom. The second kappa shape index (κ2) is 13.9. The maximum Gasteiger partial charge on any atom is 0.407 e. The molecule has 0 saturated carbocycles. The molecule has 0 bridgehead atoms. The molecule has 2 aromatic carbocycles.